The summed E-state index contributed by atoms with van der Waals surface area (Å²) in [5, 5.41) is 22.8. The zero-order valence-corrected chi connectivity index (χ0v) is 16.5. The molecule has 0 amide bonds. The van der Waals surface area contributed by atoms with Crippen LogP contribution in [0.3, 0.4) is 0 Å². The first-order valence-electron chi connectivity index (χ1n) is 7.90. The number of azo groups is 1. The summed E-state index contributed by atoms with van der Waals surface area (Å²) in [7, 11) is 0. The van der Waals surface area contributed by atoms with Crippen molar-refractivity contribution in [2.45, 2.75) is 13.5 Å². The number of aryl methyl sites for hydroxylation is 1. The van der Waals surface area contributed by atoms with Crippen LogP contribution in [0.5, 0.6) is 5.88 Å². The highest BCUT2D eigenvalue weighted by Crippen LogP contribution is 2.40. The summed E-state index contributed by atoms with van der Waals surface area (Å²) in [5.74, 6) is 0.0279. The minimum absolute atomic E-state index is 0.0279. The van der Waals surface area contributed by atoms with E-state index in [2.05, 4.69) is 38.1 Å². The first kappa shape index (κ1) is 18.3. The van der Waals surface area contributed by atoms with Crippen molar-refractivity contribution < 1.29 is 5.11 Å². The third-order valence-electron chi connectivity index (χ3n) is 3.79. The number of hydrogen-bond donors (Lipinski definition) is 2. The van der Waals surface area contributed by atoms with Crippen LogP contribution in [0, 0.1) is 6.92 Å². The van der Waals surface area contributed by atoms with Crippen molar-refractivity contribution in [3.63, 3.8) is 0 Å². The van der Waals surface area contributed by atoms with Gasteiger partial charge in [-0.05, 0) is 55.0 Å². The number of nitrogens with zero attached hydrogens (tertiary/aromatic N) is 3. The first-order valence-corrected chi connectivity index (χ1v) is 9.10. The highest BCUT2D eigenvalue weighted by molar-refractivity contribution is 9.10. The summed E-state index contributed by atoms with van der Waals surface area (Å²) in [5.41, 5.74) is 3.17. The molecule has 2 aromatic carbocycles. The molecule has 0 aliphatic rings. The molecule has 1 heterocycles. The Bertz CT molecular complexity index is 1030. The van der Waals surface area contributed by atoms with Crippen LogP contribution >= 0.6 is 28.1 Å². The molecule has 1 aromatic heterocycles. The number of fused-ring (bicyclic) bond motifs is 1. The summed E-state index contributed by atoms with van der Waals surface area (Å²) in [6.07, 6.45) is 1.71. The smallest absolute Gasteiger partial charge is 0.221 e. The number of aromatic nitrogens is 1. The molecule has 5 nitrogen and oxygen atoms in total. The van der Waals surface area contributed by atoms with E-state index in [9.17, 15) is 5.11 Å². The predicted molar refractivity (Wildman–Crippen MR) is 113 cm³/mol. The molecule has 0 atom stereocenters. The zero-order valence-electron chi connectivity index (χ0n) is 14.1. The van der Waals surface area contributed by atoms with Gasteiger partial charge in [0.15, 0.2) is 5.69 Å². The Morgan fingerprint density at radius 2 is 2.15 bits per heavy atom. The topological polar surface area (TPSA) is 61.9 Å². The number of benzene rings is 2. The number of halogens is 1. The average Bonchev–Trinajstić information content (AvgIpc) is 2.85. The Balaban J connectivity index is 1.93. The number of anilines is 1. The second-order valence-electron chi connectivity index (χ2n) is 5.73. The molecule has 0 saturated carbocycles. The predicted octanol–water partition coefficient (Wildman–Crippen LogP) is 6.08. The molecule has 26 heavy (non-hydrogen) atoms. The van der Waals surface area contributed by atoms with Crippen molar-refractivity contribution in [1.29, 1.82) is 0 Å². The van der Waals surface area contributed by atoms with Gasteiger partial charge in [0.2, 0.25) is 11.0 Å². The molecule has 0 aliphatic carbocycles. The molecule has 132 valence electrons. The van der Waals surface area contributed by atoms with Gasteiger partial charge in [-0.1, -0.05) is 34.1 Å². The van der Waals surface area contributed by atoms with Gasteiger partial charge in [-0.3, -0.25) is 0 Å². The van der Waals surface area contributed by atoms with Crippen LogP contribution in [0.15, 0.2) is 69.8 Å². The molecule has 0 radical (unpaired) electrons. The summed E-state index contributed by atoms with van der Waals surface area (Å²) in [6.45, 7) is 6.20. The molecule has 0 bridgehead atoms. The van der Waals surface area contributed by atoms with E-state index in [-0.39, 0.29) is 11.0 Å². The largest absolute Gasteiger partial charge is 0.493 e. The quantitative estimate of drug-likeness (QED) is 0.300. The summed E-state index contributed by atoms with van der Waals surface area (Å²) < 4.78 is 2.61. The van der Waals surface area contributed by atoms with Gasteiger partial charge in [-0.2, -0.15) is 0 Å². The van der Waals surface area contributed by atoms with Gasteiger partial charge in [0, 0.05) is 22.1 Å². The number of aromatic hydroxyl groups is 1. The lowest BCUT2D eigenvalue weighted by molar-refractivity contribution is 0.431. The Morgan fingerprint density at radius 1 is 1.35 bits per heavy atom. The molecule has 7 heteroatoms. The maximum absolute atomic E-state index is 10.6. The van der Waals surface area contributed by atoms with Gasteiger partial charge in [0.25, 0.3) is 0 Å². The molecule has 0 saturated heterocycles. The molecule has 3 aromatic rings. The van der Waals surface area contributed by atoms with Crippen molar-refractivity contribution in [3.05, 3.63) is 65.2 Å². The van der Waals surface area contributed by atoms with Gasteiger partial charge < -0.3 is 15.0 Å². The summed E-state index contributed by atoms with van der Waals surface area (Å²) in [4.78, 5) is 0. The highest BCUT2D eigenvalue weighted by atomic mass is 79.9. The maximum atomic E-state index is 10.6. The Labute approximate surface area is 165 Å². The van der Waals surface area contributed by atoms with Crippen LogP contribution in [-0.2, 0) is 6.54 Å². The molecular weight excluding hydrogens is 412 g/mol. The third kappa shape index (κ3) is 3.84. The zero-order chi connectivity index (χ0) is 18.7. The van der Waals surface area contributed by atoms with E-state index in [1.165, 1.54) is 0 Å². The second-order valence-corrected chi connectivity index (χ2v) is 7.03. The number of nitrogens with one attached hydrogen (secondary N) is 1. The van der Waals surface area contributed by atoms with E-state index >= 15 is 0 Å². The van der Waals surface area contributed by atoms with Gasteiger partial charge in [0.1, 0.15) is 0 Å². The van der Waals surface area contributed by atoms with Crippen molar-refractivity contribution in [2.24, 2.45) is 10.2 Å². The van der Waals surface area contributed by atoms with Gasteiger partial charge >= 0.3 is 0 Å². The van der Waals surface area contributed by atoms with Crippen molar-refractivity contribution in [2.75, 3.05) is 5.32 Å². The van der Waals surface area contributed by atoms with Crippen LogP contribution in [0.1, 0.15) is 5.56 Å². The van der Waals surface area contributed by atoms with Crippen LogP contribution in [0.4, 0.5) is 11.4 Å². The summed E-state index contributed by atoms with van der Waals surface area (Å²) >= 11 is 8.69. The van der Waals surface area contributed by atoms with Gasteiger partial charge in [-0.25, -0.2) is 0 Å². The fraction of sp³-hybridized carbons (Fsp3) is 0.105. The second kappa shape index (κ2) is 7.80. The van der Waals surface area contributed by atoms with Crippen molar-refractivity contribution >= 4 is 55.5 Å². The monoisotopic (exact) mass is 428 g/mol. The van der Waals surface area contributed by atoms with Crippen LogP contribution < -0.4 is 5.32 Å². The Hall–Kier alpha value is -2.51. The van der Waals surface area contributed by atoms with E-state index in [0.717, 1.165) is 26.6 Å². The van der Waals surface area contributed by atoms with Crippen molar-refractivity contribution in [3.8, 4) is 5.88 Å². The van der Waals surface area contributed by atoms with E-state index in [4.69, 9.17) is 12.2 Å². The Morgan fingerprint density at radius 3 is 2.88 bits per heavy atom. The molecular formula is C19H17BrN4OS. The fourth-order valence-corrected chi connectivity index (χ4v) is 3.19. The van der Waals surface area contributed by atoms with Gasteiger partial charge in [-0.15, -0.1) is 16.8 Å². The van der Waals surface area contributed by atoms with Crippen molar-refractivity contribution in [1.82, 2.24) is 4.57 Å². The van der Waals surface area contributed by atoms with Crippen LogP contribution in [0.25, 0.3) is 10.9 Å². The van der Waals surface area contributed by atoms with Crippen LogP contribution in [-0.4, -0.2) is 14.8 Å². The summed E-state index contributed by atoms with van der Waals surface area (Å²) in [6, 6.07) is 13.5. The number of rotatable bonds is 4. The van der Waals surface area contributed by atoms with Crippen LogP contribution in [0.2, 0.25) is 0 Å². The molecule has 0 unspecified atom stereocenters. The Kier molecular flexibility index (Phi) is 5.49. The molecule has 2 N–H and O–H groups in total. The average molecular weight is 429 g/mol. The standard InChI is InChI=1S/C19H17BrN4OS/c1-3-9-24-16-8-7-13(20)11-15(16)17(18(24)25)22-23-19(26)21-14-6-4-5-12(2)10-14/h3-8,10-11,25H,1,9H2,2H3,(H,21,26). The highest BCUT2D eigenvalue weighted by Gasteiger charge is 2.16. The van der Waals surface area contributed by atoms with E-state index in [0.29, 0.717) is 12.2 Å². The third-order valence-corrected chi connectivity index (χ3v) is 4.47. The maximum Gasteiger partial charge on any atom is 0.221 e. The molecule has 0 fully saturated rings. The number of hydrogen-bond acceptors (Lipinski definition) is 3. The van der Waals surface area contributed by atoms with E-state index in [1.54, 1.807) is 10.6 Å². The first-order chi connectivity index (χ1) is 12.5. The minimum atomic E-state index is 0.0279. The normalized spacial score (nSPS) is 11.2. The van der Waals surface area contributed by atoms with E-state index < -0.39 is 0 Å². The molecule has 0 spiro atoms. The number of allylic oxidation sites excluding steroid dienone is 1. The lowest BCUT2D eigenvalue weighted by Crippen LogP contribution is -2.04. The number of thiocarbonyl (C=S) groups is 1. The van der Waals surface area contributed by atoms with E-state index in [1.807, 2.05) is 49.4 Å². The lowest BCUT2D eigenvalue weighted by Gasteiger charge is -2.03. The van der Waals surface area contributed by atoms with Gasteiger partial charge in [0.05, 0.1) is 5.52 Å². The molecule has 3 rings (SSSR count). The fourth-order valence-electron chi connectivity index (χ4n) is 2.67. The lowest BCUT2D eigenvalue weighted by atomic mass is 10.2. The SMILES string of the molecule is C=CCn1c(O)c(N=NC(=S)Nc2cccc(C)c2)c2cc(Br)ccc21. The minimum Gasteiger partial charge on any atom is -0.493 e. The molecule has 0 aliphatic heterocycles.